The monoisotopic (exact) mass is 417 g/mol. The molecule has 0 bridgehead atoms. The van der Waals surface area contributed by atoms with E-state index in [0.29, 0.717) is 15.8 Å². The molecule has 3 nitrogen and oxygen atoms in total. The number of thioether (sulfide) groups is 1. The van der Waals surface area contributed by atoms with Gasteiger partial charge in [-0.1, -0.05) is 17.7 Å². The summed E-state index contributed by atoms with van der Waals surface area (Å²) < 4.78 is 39.7. The molecule has 3 rings (SSSR count). The summed E-state index contributed by atoms with van der Waals surface area (Å²) in [6.07, 6.45) is 1.76. The molecule has 1 saturated carbocycles. The Morgan fingerprint density at radius 3 is 2.30 bits per heavy atom. The van der Waals surface area contributed by atoms with Crippen LogP contribution in [0.1, 0.15) is 37.5 Å². The van der Waals surface area contributed by atoms with Crippen LogP contribution in [0.15, 0.2) is 35.2 Å². The van der Waals surface area contributed by atoms with Crippen LogP contribution in [0.25, 0.3) is 0 Å². The maximum atomic E-state index is 13.3. The molecule has 0 spiro atoms. The Kier molecular flexibility index (Phi) is 6.57. The number of hydrogen-bond donors (Lipinski definition) is 3. The lowest BCUT2D eigenvalue weighted by atomic mass is 9.97. The highest BCUT2D eigenvalue weighted by Gasteiger charge is 2.22. The molecule has 1 aliphatic carbocycles. The quantitative estimate of drug-likeness (QED) is 0.459. The third-order valence-corrected chi connectivity index (χ3v) is 6.33. The Bertz CT molecular complexity index is 793. The average Bonchev–Trinajstić information content (AvgIpc) is 2.63. The number of halogens is 4. The van der Waals surface area contributed by atoms with Gasteiger partial charge in [0.2, 0.25) is 0 Å². The largest absolute Gasteiger partial charge is 0.393 e. The minimum absolute atomic E-state index is 0.0793. The summed E-state index contributed by atoms with van der Waals surface area (Å²) in [5.74, 6) is -4.23. The Hall–Kier alpha value is -1.41. The first-order valence-electron chi connectivity index (χ1n) is 8.57. The van der Waals surface area contributed by atoms with Gasteiger partial charge in [0.05, 0.1) is 11.1 Å². The van der Waals surface area contributed by atoms with Crippen LogP contribution in [0.5, 0.6) is 0 Å². The molecule has 3 N–H and O–H groups in total. The standard InChI is InChI=1S/C19H19ClF3NO2S/c20-14-6-1-10(7-17(14)27-13-4-2-12(25)3-5-13)19(26)24-11-8-15(21)18(23)16(22)9-11/h1,6-9,12-13,19,24-26H,2-5H2. The van der Waals surface area contributed by atoms with E-state index in [2.05, 4.69) is 5.32 Å². The molecule has 2 aromatic rings. The predicted molar refractivity (Wildman–Crippen MR) is 100 cm³/mol. The SMILES string of the molecule is OC1CCC(Sc2cc(C(O)Nc3cc(F)c(F)c(F)c3)ccc2Cl)CC1. The number of benzene rings is 2. The van der Waals surface area contributed by atoms with Crippen molar-refractivity contribution in [1.82, 2.24) is 0 Å². The fourth-order valence-electron chi connectivity index (χ4n) is 3.00. The van der Waals surface area contributed by atoms with Gasteiger partial charge in [0.1, 0.15) is 0 Å². The normalized spacial score (nSPS) is 21.1. The molecule has 2 aromatic carbocycles. The Labute approximate surface area is 164 Å². The number of nitrogens with one attached hydrogen (secondary N) is 1. The third-order valence-electron chi connectivity index (χ3n) is 4.50. The van der Waals surface area contributed by atoms with Gasteiger partial charge >= 0.3 is 0 Å². The highest BCUT2D eigenvalue weighted by molar-refractivity contribution is 8.00. The molecule has 0 heterocycles. The van der Waals surface area contributed by atoms with Crippen LogP contribution in [-0.4, -0.2) is 21.6 Å². The van der Waals surface area contributed by atoms with Crippen LogP contribution >= 0.6 is 23.4 Å². The molecular weight excluding hydrogens is 399 g/mol. The van der Waals surface area contributed by atoms with E-state index in [1.807, 2.05) is 0 Å². The lowest BCUT2D eigenvalue weighted by Crippen LogP contribution is -2.19. The van der Waals surface area contributed by atoms with Crippen LogP contribution in [-0.2, 0) is 0 Å². The molecule has 27 heavy (non-hydrogen) atoms. The molecule has 1 fully saturated rings. The van der Waals surface area contributed by atoms with Crippen LogP contribution in [0.3, 0.4) is 0 Å². The Balaban J connectivity index is 1.72. The average molecular weight is 418 g/mol. The fourth-order valence-corrected chi connectivity index (χ4v) is 4.51. The summed E-state index contributed by atoms with van der Waals surface area (Å²) in [5, 5.41) is 23.4. The molecule has 0 saturated heterocycles. The fraction of sp³-hybridized carbons (Fsp3) is 0.368. The number of rotatable bonds is 5. The summed E-state index contributed by atoms with van der Waals surface area (Å²) >= 11 is 7.84. The van der Waals surface area contributed by atoms with Gasteiger partial charge in [-0.2, -0.15) is 0 Å². The highest BCUT2D eigenvalue weighted by atomic mass is 35.5. The first-order chi connectivity index (χ1) is 12.8. The van der Waals surface area contributed by atoms with Crippen LogP contribution in [0.4, 0.5) is 18.9 Å². The second-order valence-electron chi connectivity index (χ2n) is 6.54. The van der Waals surface area contributed by atoms with E-state index in [9.17, 15) is 23.4 Å². The maximum absolute atomic E-state index is 13.3. The minimum Gasteiger partial charge on any atom is -0.393 e. The molecule has 0 amide bonds. The lowest BCUT2D eigenvalue weighted by Gasteiger charge is -2.25. The van der Waals surface area contributed by atoms with E-state index in [4.69, 9.17) is 11.6 Å². The van der Waals surface area contributed by atoms with Gasteiger partial charge in [0.15, 0.2) is 23.7 Å². The van der Waals surface area contributed by atoms with Gasteiger partial charge in [-0.05, 0) is 37.8 Å². The molecular formula is C19H19ClF3NO2S. The van der Waals surface area contributed by atoms with Crippen LogP contribution in [0.2, 0.25) is 5.02 Å². The Morgan fingerprint density at radius 1 is 1.04 bits per heavy atom. The van der Waals surface area contributed by atoms with E-state index in [-0.39, 0.29) is 11.8 Å². The predicted octanol–water partition coefficient (Wildman–Crippen LogP) is 5.26. The van der Waals surface area contributed by atoms with Crippen molar-refractivity contribution in [2.45, 2.75) is 48.2 Å². The lowest BCUT2D eigenvalue weighted by molar-refractivity contribution is 0.132. The summed E-state index contributed by atoms with van der Waals surface area (Å²) in [6, 6.07) is 6.52. The number of aliphatic hydroxyl groups is 2. The molecule has 0 aromatic heterocycles. The zero-order chi connectivity index (χ0) is 19.6. The van der Waals surface area contributed by atoms with E-state index >= 15 is 0 Å². The zero-order valence-corrected chi connectivity index (χ0v) is 15.8. The molecule has 1 aliphatic rings. The summed E-state index contributed by atoms with van der Waals surface area (Å²) in [7, 11) is 0. The third kappa shape index (κ3) is 5.10. The number of anilines is 1. The van der Waals surface area contributed by atoms with Gasteiger partial charge in [-0.25, -0.2) is 13.2 Å². The van der Waals surface area contributed by atoms with Crippen LogP contribution < -0.4 is 5.32 Å². The maximum Gasteiger partial charge on any atom is 0.194 e. The molecule has 0 radical (unpaired) electrons. The van der Waals surface area contributed by atoms with E-state index in [1.165, 1.54) is 0 Å². The van der Waals surface area contributed by atoms with Crippen LogP contribution in [0, 0.1) is 17.5 Å². The molecule has 8 heteroatoms. The smallest absolute Gasteiger partial charge is 0.194 e. The summed E-state index contributed by atoms with van der Waals surface area (Å²) in [4.78, 5) is 0.785. The zero-order valence-electron chi connectivity index (χ0n) is 14.3. The van der Waals surface area contributed by atoms with Crippen molar-refractivity contribution in [2.75, 3.05) is 5.32 Å². The van der Waals surface area contributed by atoms with Crippen molar-refractivity contribution in [3.05, 3.63) is 58.4 Å². The summed E-state index contributed by atoms with van der Waals surface area (Å²) in [6.45, 7) is 0. The van der Waals surface area contributed by atoms with Gasteiger partial charge in [0, 0.05) is 33.5 Å². The topological polar surface area (TPSA) is 52.5 Å². The summed E-state index contributed by atoms with van der Waals surface area (Å²) in [5.41, 5.74) is 0.382. The van der Waals surface area contributed by atoms with E-state index in [0.717, 1.165) is 42.7 Å². The molecule has 1 atom stereocenters. The second kappa shape index (κ2) is 8.73. The van der Waals surface area contributed by atoms with Gasteiger partial charge in [0.25, 0.3) is 0 Å². The van der Waals surface area contributed by atoms with Crippen molar-refractivity contribution in [2.24, 2.45) is 0 Å². The minimum atomic E-state index is -1.56. The molecule has 146 valence electrons. The first kappa shape index (κ1) is 20.3. The second-order valence-corrected chi connectivity index (χ2v) is 8.29. The van der Waals surface area contributed by atoms with Gasteiger partial charge in [-0.3, -0.25) is 0 Å². The highest BCUT2D eigenvalue weighted by Crippen LogP contribution is 2.38. The van der Waals surface area contributed by atoms with Crippen molar-refractivity contribution in [3.63, 3.8) is 0 Å². The van der Waals surface area contributed by atoms with Crippen molar-refractivity contribution in [1.29, 1.82) is 0 Å². The van der Waals surface area contributed by atoms with Crippen molar-refractivity contribution >= 4 is 29.1 Å². The molecule has 1 unspecified atom stereocenters. The van der Waals surface area contributed by atoms with E-state index in [1.54, 1.807) is 30.0 Å². The van der Waals surface area contributed by atoms with Gasteiger partial charge < -0.3 is 15.5 Å². The molecule has 0 aliphatic heterocycles. The van der Waals surface area contributed by atoms with Crippen molar-refractivity contribution < 1.29 is 23.4 Å². The van der Waals surface area contributed by atoms with Gasteiger partial charge in [-0.15, -0.1) is 11.8 Å². The Morgan fingerprint density at radius 2 is 1.67 bits per heavy atom. The van der Waals surface area contributed by atoms with E-state index < -0.39 is 23.7 Å². The van der Waals surface area contributed by atoms with Crippen molar-refractivity contribution in [3.8, 4) is 0 Å². The number of hydrogen-bond acceptors (Lipinski definition) is 4. The number of aliphatic hydroxyl groups excluding tert-OH is 2. The first-order valence-corrected chi connectivity index (χ1v) is 9.82.